The zero-order valence-electron chi connectivity index (χ0n) is 16.1. The predicted octanol–water partition coefficient (Wildman–Crippen LogP) is 3.82. The maximum atomic E-state index is 12.7. The third kappa shape index (κ3) is 6.41. The van der Waals surface area contributed by atoms with Crippen LogP contribution < -0.4 is 15.6 Å². The van der Waals surface area contributed by atoms with Crippen molar-refractivity contribution < 1.29 is 23.1 Å². The van der Waals surface area contributed by atoms with E-state index in [1.54, 1.807) is 12.1 Å². The van der Waals surface area contributed by atoms with E-state index in [1.165, 1.54) is 18.3 Å². The van der Waals surface area contributed by atoms with Crippen molar-refractivity contribution in [1.82, 2.24) is 5.43 Å². The molecule has 3 N–H and O–H groups in total. The van der Waals surface area contributed by atoms with Gasteiger partial charge in [0, 0.05) is 36.1 Å². The molecule has 0 aromatic heterocycles. The Morgan fingerprint density at radius 1 is 1.17 bits per heavy atom. The van der Waals surface area contributed by atoms with Gasteiger partial charge >= 0.3 is 6.18 Å². The summed E-state index contributed by atoms with van der Waals surface area (Å²) in [5.74, 6) is -0.521. The van der Waals surface area contributed by atoms with Crippen LogP contribution in [0.15, 0.2) is 47.6 Å². The largest absolute Gasteiger partial charge is 0.507 e. The lowest BCUT2D eigenvalue weighted by Crippen LogP contribution is -2.26. The molecule has 29 heavy (non-hydrogen) atoms. The molecule has 0 bridgehead atoms. The van der Waals surface area contributed by atoms with E-state index in [0.29, 0.717) is 5.56 Å². The average Bonchev–Trinajstić information content (AvgIpc) is 2.68. The summed E-state index contributed by atoms with van der Waals surface area (Å²) < 4.78 is 38.1. The van der Waals surface area contributed by atoms with Gasteiger partial charge in [-0.25, -0.2) is 5.43 Å². The number of alkyl halides is 3. The van der Waals surface area contributed by atoms with Gasteiger partial charge in [-0.2, -0.15) is 18.3 Å². The normalized spacial score (nSPS) is 11.5. The Balaban J connectivity index is 1.90. The van der Waals surface area contributed by atoms with Gasteiger partial charge in [-0.1, -0.05) is 6.07 Å². The second kappa shape index (κ2) is 9.81. The fraction of sp³-hybridized carbons (Fsp3) is 0.300. The third-order valence-electron chi connectivity index (χ3n) is 4.18. The summed E-state index contributed by atoms with van der Waals surface area (Å²) in [6.45, 7) is 5.37. The lowest BCUT2D eigenvalue weighted by atomic mass is 10.2. The molecular formula is C20H23F3N4O2. The molecule has 0 spiro atoms. The van der Waals surface area contributed by atoms with E-state index < -0.39 is 17.6 Å². The molecule has 0 aliphatic heterocycles. The second-order valence-corrected chi connectivity index (χ2v) is 6.14. The van der Waals surface area contributed by atoms with Crippen LogP contribution in [0.5, 0.6) is 5.75 Å². The van der Waals surface area contributed by atoms with E-state index in [4.69, 9.17) is 0 Å². The Morgan fingerprint density at radius 3 is 2.52 bits per heavy atom. The first-order chi connectivity index (χ1) is 13.7. The Bertz CT molecular complexity index is 865. The van der Waals surface area contributed by atoms with Crippen LogP contribution >= 0.6 is 0 Å². The molecule has 2 rings (SSSR count). The molecule has 9 heteroatoms. The van der Waals surface area contributed by atoms with Crippen LogP contribution in [0.3, 0.4) is 0 Å². The van der Waals surface area contributed by atoms with Crippen molar-refractivity contribution in [1.29, 1.82) is 0 Å². The van der Waals surface area contributed by atoms with Crippen LogP contribution in [0, 0.1) is 0 Å². The highest BCUT2D eigenvalue weighted by atomic mass is 19.4. The van der Waals surface area contributed by atoms with Crippen molar-refractivity contribution in [2.24, 2.45) is 5.10 Å². The van der Waals surface area contributed by atoms with Crippen molar-refractivity contribution in [3.8, 4) is 5.75 Å². The van der Waals surface area contributed by atoms with E-state index in [2.05, 4.69) is 20.7 Å². The number of nitrogens with one attached hydrogen (secondary N) is 2. The summed E-state index contributed by atoms with van der Waals surface area (Å²) in [5.41, 5.74) is 2.92. The molecule has 2 aromatic rings. The number of phenolic OH excluding ortho intramolecular Hbond substituents is 1. The third-order valence-corrected chi connectivity index (χ3v) is 4.18. The summed E-state index contributed by atoms with van der Waals surface area (Å²) >= 11 is 0. The average molecular weight is 408 g/mol. The van der Waals surface area contributed by atoms with Crippen LogP contribution in [-0.2, 0) is 11.0 Å². The standard InChI is InChI=1S/C20H23F3N4O2/c1-3-27(4-2)17-9-8-14(18(28)11-17)12-25-26-19(29)13-24-16-7-5-6-15(10-16)20(21,22)23/h5-12,24,28H,3-4,13H2,1-2H3,(H,26,29)/b25-12+. The first-order valence-electron chi connectivity index (χ1n) is 9.05. The van der Waals surface area contributed by atoms with Crippen LogP contribution in [0.2, 0.25) is 0 Å². The number of halogens is 3. The zero-order chi connectivity index (χ0) is 21.4. The van der Waals surface area contributed by atoms with Gasteiger partial charge < -0.3 is 15.3 Å². The highest BCUT2D eigenvalue weighted by Crippen LogP contribution is 2.30. The number of rotatable bonds is 8. The van der Waals surface area contributed by atoms with Gasteiger partial charge in [0.2, 0.25) is 0 Å². The molecule has 0 saturated heterocycles. The molecule has 2 aromatic carbocycles. The molecule has 0 aliphatic rings. The Hall–Kier alpha value is -3.23. The number of carbonyl (C=O) groups is 1. The van der Waals surface area contributed by atoms with Crippen molar-refractivity contribution in [3.63, 3.8) is 0 Å². The quantitative estimate of drug-likeness (QED) is 0.459. The topological polar surface area (TPSA) is 77.0 Å². The number of hydrogen-bond donors (Lipinski definition) is 3. The maximum absolute atomic E-state index is 12.7. The summed E-state index contributed by atoms with van der Waals surface area (Å²) in [5, 5.41) is 16.5. The molecule has 6 nitrogen and oxygen atoms in total. The highest BCUT2D eigenvalue weighted by Gasteiger charge is 2.30. The number of anilines is 2. The summed E-state index contributed by atoms with van der Waals surface area (Å²) in [7, 11) is 0. The number of aromatic hydroxyl groups is 1. The molecule has 0 fully saturated rings. The van der Waals surface area contributed by atoms with Gasteiger partial charge in [0.1, 0.15) is 5.75 Å². The number of benzene rings is 2. The predicted molar refractivity (Wildman–Crippen MR) is 107 cm³/mol. The summed E-state index contributed by atoms with van der Waals surface area (Å²) in [6, 6.07) is 9.70. The Labute approximate surface area is 167 Å². The minimum atomic E-state index is -4.45. The van der Waals surface area contributed by atoms with Crippen LogP contribution in [0.25, 0.3) is 0 Å². The summed E-state index contributed by atoms with van der Waals surface area (Å²) in [4.78, 5) is 13.9. The zero-order valence-corrected chi connectivity index (χ0v) is 16.1. The van der Waals surface area contributed by atoms with E-state index in [-0.39, 0.29) is 18.0 Å². The monoisotopic (exact) mass is 408 g/mol. The van der Waals surface area contributed by atoms with E-state index in [1.807, 2.05) is 19.9 Å². The Kier molecular flexibility index (Phi) is 7.46. The van der Waals surface area contributed by atoms with Crippen molar-refractivity contribution in [2.45, 2.75) is 20.0 Å². The number of nitrogens with zero attached hydrogens (tertiary/aromatic N) is 2. The molecule has 0 atom stereocenters. The molecule has 0 radical (unpaired) electrons. The van der Waals surface area contributed by atoms with Gasteiger partial charge in [0.25, 0.3) is 5.91 Å². The van der Waals surface area contributed by atoms with E-state index in [9.17, 15) is 23.1 Å². The number of amides is 1. The van der Waals surface area contributed by atoms with E-state index in [0.717, 1.165) is 30.9 Å². The van der Waals surface area contributed by atoms with Crippen LogP contribution in [-0.4, -0.2) is 36.9 Å². The molecule has 0 aliphatic carbocycles. The smallest absolute Gasteiger partial charge is 0.416 e. The number of phenols is 1. The second-order valence-electron chi connectivity index (χ2n) is 6.14. The van der Waals surface area contributed by atoms with Gasteiger partial charge in [-0.05, 0) is 44.2 Å². The van der Waals surface area contributed by atoms with Crippen LogP contribution in [0.4, 0.5) is 24.5 Å². The molecule has 156 valence electrons. The number of hydrogen-bond acceptors (Lipinski definition) is 5. The summed E-state index contributed by atoms with van der Waals surface area (Å²) in [6.07, 6.45) is -3.16. The van der Waals surface area contributed by atoms with Gasteiger partial charge in [-0.15, -0.1) is 0 Å². The maximum Gasteiger partial charge on any atom is 0.416 e. The minimum absolute atomic E-state index is 0.0227. The van der Waals surface area contributed by atoms with Gasteiger partial charge in [0.05, 0.1) is 18.3 Å². The SMILES string of the molecule is CCN(CC)c1ccc(/C=N/NC(=O)CNc2cccc(C(F)(F)F)c2)c(O)c1. The minimum Gasteiger partial charge on any atom is -0.507 e. The van der Waals surface area contributed by atoms with Gasteiger partial charge in [-0.3, -0.25) is 4.79 Å². The molecular weight excluding hydrogens is 385 g/mol. The lowest BCUT2D eigenvalue weighted by molar-refractivity contribution is -0.137. The van der Waals surface area contributed by atoms with Crippen molar-refractivity contribution in [3.05, 3.63) is 53.6 Å². The van der Waals surface area contributed by atoms with Crippen LogP contribution in [0.1, 0.15) is 25.0 Å². The van der Waals surface area contributed by atoms with Crippen molar-refractivity contribution in [2.75, 3.05) is 29.9 Å². The number of carbonyl (C=O) groups excluding carboxylic acids is 1. The first-order valence-corrected chi connectivity index (χ1v) is 9.05. The Morgan fingerprint density at radius 2 is 1.90 bits per heavy atom. The molecule has 0 heterocycles. The fourth-order valence-corrected chi connectivity index (χ4v) is 2.63. The fourth-order valence-electron chi connectivity index (χ4n) is 2.63. The number of hydrazone groups is 1. The van der Waals surface area contributed by atoms with Crippen molar-refractivity contribution >= 4 is 23.5 Å². The molecule has 1 amide bonds. The highest BCUT2D eigenvalue weighted by molar-refractivity contribution is 5.86. The molecule has 0 unspecified atom stereocenters. The van der Waals surface area contributed by atoms with Gasteiger partial charge in [0.15, 0.2) is 0 Å². The molecule has 0 saturated carbocycles. The lowest BCUT2D eigenvalue weighted by Gasteiger charge is -2.21. The van der Waals surface area contributed by atoms with E-state index >= 15 is 0 Å². The first kappa shape index (κ1) is 22.1.